The van der Waals surface area contributed by atoms with E-state index in [1.54, 1.807) is 0 Å². The van der Waals surface area contributed by atoms with Crippen LogP contribution in [0.4, 0.5) is 0 Å². The van der Waals surface area contributed by atoms with Gasteiger partial charge in [-0.15, -0.1) is 0 Å². The Balaban J connectivity index is 4.71. The Labute approximate surface area is 371 Å². The van der Waals surface area contributed by atoms with E-state index in [2.05, 4.69) is 80.8 Å². The van der Waals surface area contributed by atoms with Crippen LogP contribution in [-0.4, -0.2) is 46.9 Å². The van der Waals surface area contributed by atoms with Crippen LogP contribution in [0.1, 0.15) is 233 Å². The van der Waals surface area contributed by atoms with Gasteiger partial charge < -0.3 is 20.3 Å². The molecule has 0 saturated carbocycles. The fourth-order valence-corrected chi connectivity index (χ4v) is 7.32. The molecule has 0 fully saturated rings. The van der Waals surface area contributed by atoms with Gasteiger partial charge in [0.25, 0.3) is 0 Å². The number of rotatable bonds is 44. The van der Waals surface area contributed by atoms with Gasteiger partial charge in [0.05, 0.1) is 25.2 Å². The first-order valence-electron chi connectivity index (χ1n) is 25.2. The molecule has 0 aromatic carbocycles. The van der Waals surface area contributed by atoms with Crippen molar-refractivity contribution in [3.63, 3.8) is 0 Å². The van der Waals surface area contributed by atoms with Gasteiger partial charge in [0.1, 0.15) is 6.10 Å². The van der Waals surface area contributed by atoms with E-state index < -0.39 is 18.2 Å². The second kappa shape index (κ2) is 47.4. The zero-order chi connectivity index (χ0) is 43.8. The zero-order valence-electron chi connectivity index (χ0n) is 39.3. The maximum atomic E-state index is 13.2. The molecular formula is C54H95NO5. The Morgan fingerprint density at radius 2 is 0.917 bits per heavy atom. The second-order valence-electron chi connectivity index (χ2n) is 17.0. The molecule has 0 aliphatic carbocycles. The summed E-state index contributed by atoms with van der Waals surface area (Å²) >= 11 is 0. The number of aliphatic hydroxyl groups is 2. The molecular weight excluding hydrogens is 743 g/mol. The van der Waals surface area contributed by atoms with Crippen LogP contribution in [0.3, 0.4) is 0 Å². The molecule has 3 N–H and O–H groups in total. The van der Waals surface area contributed by atoms with E-state index in [0.29, 0.717) is 19.3 Å². The van der Waals surface area contributed by atoms with Gasteiger partial charge in [-0.3, -0.25) is 9.59 Å². The van der Waals surface area contributed by atoms with Crippen LogP contribution >= 0.6 is 0 Å². The molecule has 0 aliphatic heterocycles. The number of nitrogens with one attached hydrogen (secondary N) is 1. The van der Waals surface area contributed by atoms with E-state index in [0.717, 1.165) is 83.5 Å². The topological polar surface area (TPSA) is 95.9 Å². The highest BCUT2D eigenvalue weighted by Crippen LogP contribution is 2.17. The molecule has 0 spiro atoms. The van der Waals surface area contributed by atoms with Crippen LogP contribution in [0.2, 0.25) is 0 Å². The molecule has 60 heavy (non-hydrogen) atoms. The van der Waals surface area contributed by atoms with Crippen molar-refractivity contribution in [3.8, 4) is 0 Å². The van der Waals surface area contributed by atoms with Crippen molar-refractivity contribution < 1.29 is 24.5 Å². The van der Waals surface area contributed by atoms with E-state index in [4.69, 9.17) is 4.74 Å². The fourth-order valence-electron chi connectivity index (χ4n) is 7.32. The van der Waals surface area contributed by atoms with Crippen LogP contribution in [0.5, 0.6) is 0 Å². The Bertz CT molecular complexity index is 1120. The number of allylic oxidation sites excluding steroid dienone is 12. The highest BCUT2D eigenvalue weighted by atomic mass is 16.5. The fraction of sp³-hybridized carbons (Fsp3) is 0.741. The van der Waals surface area contributed by atoms with Gasteiger partial charge in [-0.25, -0.2) is 0 Å². The van der Waals surface area contributed by atoms with Crippen molar-refractivity contribution >= 4 is 11.9 Å². The molecule has 0 heterocycles. The minimum atomic E-state index is -0.805. The smallest absolute Gasteiger partial charge is 0.306 e. The monoisotopic (exact) mass is 838 g/mol. The third-order valence-electron chi connectivity index (χ3n) is 11.1. The van der Waals surface area contributed by atoms with Crippen LogP contribution in [0.15, 0.2) is 72.9 Å². The Hall–Kier alpha value is -2.70. The zero-order valence-corrected chi connectivity index (χ0v) is 39.3. The van der Waals surface area contributed by atoms with Crippen molar-refractivity contribution in [2.45, 2.75) is 251 Å². The SMILES string of the molecule is CC/C=C/C=C/C=C/C=C\CCCCCCCC(=O)OC(CCC/C=C/C=C/CCCCCCCCC)CC(=O)NC(CO)C(O)CCCCCCCCCCCCCC. The highest BCUT2D eigenvalue weighted by Gasteiger charge is 2.24. The van der Waals surface area contributed by atoms with Crippen LogP contribution in [0, 0.1) is 0 Å². The number of aliphatic hydroxyl groups excluding tert-OH is 2. The number of unbranched alkanes of at least 4 members (excludes halogenated alkanes) is 24. The lowest BCUT2D eigenvalue weighted by molar-refractivity contribution is -0.151. The summed E-state index contributed by atoms with van der Waals surface area (Å²) < 4.78 is 5.89. The summed E-state index contributed by atoms with van der Waals surface area (Å²) in [5.74, 6) is -0.550. The van der Waals surface area contributed by atoms with Gasteiger partial charge in [0.15, 0.2) is 0 Å². The molecule has 0 aliphatic rings. The number of esters is 1. The lowest BCUT2D eigenvalue weighted by atomic mass is 10.0. The standard InChI is InChI=1S/C54H95NO5/c1-4-7-10-13-16-19-22-25-27-29-32-35-38-41-44-47-54(59)60-50(45-42-39-36-33-30-28-26-23-20-17-14-11-8-5-2)48-53(58)55-51(49-56)52(57)46-43-40-37-34-31-24-21-18-15-12-9-6-3/h7,10,13,16,19,22,25,27-28,30,33,36,50-52,56-57H,4-6,8-9,11-12,14-15,17-18,20-21,23-24,26,29,31-32,34-35,37-49H2,1-3H3,(H,55,58)/b10-7+,16-13+,22-19+,27-25-,30-28+,36-33+. The quantitative estimate of drug-likeness (QED) is 0.0323. The molecule has 6 heteroatoms. The Morgan fingerprint density at radius 3 is 1.42 bits per heavy atom. The third-order valence-corrected chi connectivity index (χ3v) is 11.1. The summed E-state index contributed by atoms with van der Waals surface area (Å²) in [6.45, 7) is 6.31. The summed E-state index contributed by atoms with van der Waals surface area (Å²) in [5, 5.41) is 23.7. The van der Waals surface area contributed by atoms with Crippen LogP contribution < -0.4 is 5.32 Å². The maximum Gasteiger partial charge on any atom is 0.306 e. The summed E-state index contributed by atoms with van der Waals surface area (Å²) in [4.78, 5) is 26.1. The maximum absolute atomic E-state index is 13.2. The molecule has 0 rings (SSSR count). The van der Waals surface area contributed by atoms with Gasteiger partial charge in [-0.2, -0.15) is 0 Å². The predicted molar refractivity (Wildman–Crippen MR) is 259 cm³/mol. The number of hydrogen-bond acceptors (Lipinski definition) is 5. The molecule has 0 bridgehead atoms. The minimum Gasteiger partial charge on any atom is -0.462 e. The van der Waals surface area contributed by atoms with Crippen LogP contribution in [-0.2, 0) is 14.3 Å². The van der Waals surface area contributed by atoms with Crippen molar-refractivity contribution in [3.05, 3.63) is 72.9 Å². The van der Waals surface area contributed by atoms with Crippen molar-refractivity contribution in [1.29, 1.82) is 0 Å². The van der Waals surface area contributed by atoms with Crippen molar-refractivity contribution in [1.82, 2.24) is 5.32 Å². The Kier molecular flexibility index (Phi) is 45.2. The molecule has 0 radical (unpaired) electrons. The molecule has 0 saturated heterocycles. The molecule has 0 aromatic rings. The average Bonchev–Trinajstić information content (AvgIpc) is 3.24. The predicted octanol–water partition coefficient (Wildman–Crippen LogP) is 15.0. The largest absolute Gasteiger partial charge is 0.462 e. The first kappa shape index (κ1) is 57.3. The third kappa shape index (κ3) is 42.0. The Morgan fingerprint density at radius 1 is 0.500 bits per heavy atom. The molecule has 0 aromatic heterocycles. The van der Waals surface area contributed by atoms with Gasteiger partial charge in [-0.1, -0.05) is 229 Å². The minimum absolute atomic E-state index is 0.0323. The van der Waals surface area contributed by atoms with Gasteiger partial charge in [0, 0.05) is 6.42 Å². The summed E-state index contributed by atoms with van der Waals surface area (Å²) in [6, 6.07) is -0.723. The van der Waals surface area contributed by atoms with E-state index in [1.165, 1.54) is 103 Å². The summed E-state index contributed by atoms with van der Waals surface area (Å²) in [5.41, 5.74) is 0. The van der Waals surface area contributed by atoms with E-state index in [9.17, 15) is 19.8 Å². The molecule has 346 valence electrons. The lowest BCUT2D eigenvalue weighted by Gasteiger charge is -2.24. The number of amides is 1. The van der Waals surface area contributed by atoms with E-state index in [1.807, 2.05) is 18.2 Å². The van der Waals surface area contributed by atoms with E-state index in [-0.39, 0.29) is 24.9 Å². The second-order valence-corrected chi connectivity index (χ2v) is 17.0. The number of carbonyl (C=O) groups is 2. The van der Waals surface area contributed by atoms with Gasteiger partial charge in [0.2, 0.25) is 5.91 Å². The molecule has 6 nitrogen and oxygen atoms in total. The lowest BCUT2D eigenvalue weighted by Crippen LogP contribution is -2.46. The molecule has 3 unspecified atom stereocenters. The van der Waals surface area contributed by atoms with Gasteiger partial charge >= 0.3 is 5.97 Å². The summed E-state index contributed by atoms with van der Waals surface area (Å²) in [7, 11) is 0. The van der Waals surface area contributed by atoms with Gasteiger partial charge in [-0.05, 0) is 64.2 Å². The van der Waals surface area contributed by atoms with Crippen molar-refractivity contribution in [2.75, 3.05) is 6.61 Å². The number of hydrogen-bond donors (Lipinski definition) is 3. The average molecular weight is 838 g/mol. The molecule has 3 atom stereocenters. The number of ether oxygens (including phenoxy) is 1. The number of carbonyl (C=O) groups excluding carboxylic acids is 2. The van der Waals surface area contributed by atoms with E-state index >= 15 is 0 Å². The molecule has 1 amide bonds. The highest BCUT2D eigenvalue weighted by molar-refractivity contribution is 5.77. The first-order valence-corrected chi connectivity index (χ1v) is 25.2. The first-order chi connectivity index (χ1) is 29.5. The summed E-state index contributed by atoms with van der Waals surface area (Å²) in [6.07, 6.45) is 59.6. The van der Waals surface area contributed by atoms with Crippen LogP contribution in [0.25, 0.3) is 0 Å². The normalized spacial score (nSPS) is 13.9. The van der Waals surface area contributed by atoms with Crippen molar-refractivity contribution in [2.24, 2.45) is 0 Å².